The van der Waals surface area contributed by atoms with Crippen LogP contribution in [-0.4, -0.2) is 12.2 Å². The van der Waals surface area contributed by atoms with Crippen LogP contribution >= 0.6 is 0 Å². The van der Waals surface area contributed by atoms with Gasteiger partial charge in [0.25, 0.3) is 0 Å². The molecule has 1 saturated carbocycles. The SMILES string of the molecule is CC(C)c1ccc(NC2C(C)CC(C)(C)C(F)C2(C)C)cc1. The molecule has 0 aromatic heterocycles. The van der Waals surface area contributed by atoms with Gasteiger partial charge in [0, 0.05) is 17.1 Å². The van der Waals surface area contributed by atoms with Gasteiger partial charge in [0.15, 0.2) is 0 Å². The third kappa shape index (κ3) is 3.16. The zero-order valence-corrected chi connectivity index (χ0v) is 15.2. The standard InChI is InChI=1S/C20H32FN/c1-13(2)15-8-10-16(11-9-15)22-17-14(3)12-19(4,5)18(21)20(17,6)7/h8-11,13-14,17-18,22H,12H2,1-7H3. The predicted molar refractivity (Wildman–Crippen MR) is 94.2 cm³/mol. The van der Waals surface area contributed by atoms with E-state index in [9.17, 15) is 4.39 Å². The smallest absolute Gasteiger partial charge is 0.112 e. The molecule has 1 aliphatic rings. The van der Waals surface area contributed by atoms with Crippen LogP contribution in [0.1, 0.15) is 66.4 Å². The maximum Gasteiger partial charge on any atom is 0.112 e. The van der Waals surface area contributed by atoms with Gasteiger partial charge < -0.3 is 5.32 Å². The van der Waals surface area contributed by atoms with Gasteiger partial charge >= 0.3 is 0 Å². The van der Waals surface area contributed by atoms with Crippen LogP contribution in [0.5, 0.6) is 0 Å². The lowest BCUT2D eigenvalue weighted by Crippen LogP contribution is -2.57. The van der Waals surface area contributed by atoms with Crippen LogP contribution in [0.15, 0.2) is 24.3 Å². The molecule has 1 N–H and O–H groups in total. The Morgan fingerprint density at radius 3 is 2.14 bits per heavy atom. The van der Waals surface area contributed by atoms with Crippen molar-refractivity contribution in [3.8, 4) is 0 Å². The summed E-state index contributed by atoms with van der Waals surface area (Å²) in [5.74, 6) is 0.983. The molecule has 1 nitrogen and oxygen atoms in total. The van der Waals surface area contributed by atoms with Gasteiger partial charge in [0.2, 0.25) is 0 Å². The second-order valence-electron chi connectivity index (χ2n) is 8.75. The summed E-state index contributed by atoms with van der Waals surface area (Å²) in [5.41, 5.74) is 1.81. The topological polar surface area (TPSA) is 12.0 Å². The van der Waals surface area contributed by atoms with E-state index in [0.29, 0.717) is 11.8 Å². The fraction of sp³-hybridized carbons (Fsp3) is 0.700. The largest absolute Gasteiger partial charge is 0.381 e. The predicted octanol–water partition coefficient (Wildman–Crippen LogP) is 6.02. The molecule has 0 aliphatic heterocycles. The lowest BCUT2D eigenvalue weighted by atomic mass is 9.57. The van der Waals surface area contributed by atoms with Crippen LogP contribution in [0.25, 0.3) is 0 Å². The third-order valence-electron chi connectivity index (χ3n) is 5.46. The number of hydrogen-bond donors (Lipinski definition) is 1. The van der Waals surface area contributed by atoms with Crippen molar-refractivity contribution in [2.24, 2.45) is 16.7 Å². The number of alkyl halides is 1. The molecule has 3 atom stereocenters. The summed E-state index contributed by atoms with van der Waals surface area (Å²) in [4.78, 5) is 0. The Balaban J connectivity index is 2.20. The fourth-order valence-electron chi connectivity index (χ4n) is 4.42. The first-order chi connectivity index (χ1) is 10.1. The second-order valence-corrected chi connectivity index (χ2v) is 8.75. The van der Waals surface area contributed by atoms with Gasteiger partial charge in [-0.25, -0.2) is 4.39 Å². The Labute approximate surface area is 135 Å². The van der Waals surface area contributed by atoms with E-state index in [-0.39, 0.29) is 16.9 Å². The first-order valence-electron chi connectivity index (χ1n) is 8.56. The van der Waals surface area contributed by atoms with Crippen molar-refractivity contribution in [2.45, 2.75) is 73.0 Å². The highest BCUT2D eigenvalue weighted by Gasteiger charge is 2.52. The van der Waals surface area contributed by atoms with E-state index in [4.69, 9.17) is 0 Å². The quantitative estimate of drug-likeness (QED) is 0.720. The highest BCUT2D eigenvalue weighted by molar-refractivity contribution is 5.46. The Morgan fingerprint density at radius 1 is 1.09 bits per heavy atom. The summed E-state index contributed by atoms with van der Waals surface area (Å²) >= 11 is 0. The molecule has 2 heteroatoms. The van der Waals surface area contributed by atoms with Crippen molar-refractivity contribution in [2.75, 3.05) is 5.32 Å². The van der Waals surface area contributed by atoms with E-state index in [1.165, 1.54) is 5.56 Å². The lowest BCUT2D eigenvalue weighted by molar-refractivity contribution is -0.0478. The van der Waals surface area contributed by atoms with Crippen molar-refractivity contribution >= 4 is 5.69 Å². The molecule has 3 unspecified atom stereocenters. The minimum absolute atomic E-state index is 0.153. The number of benzene rings is 1. The van der Waals surface area contributed by atoms with Gasteiger partial charge in [-0.2, -0.15) is 0 Å². The average Bonchev–Trinajstić information content (AvgIpc) is 2.42. The number of nitrogens with one attached hydrogen (secondary N) is 1. The number of anilines is 1. The maximum atomic E-state index is 15.0. The Hall–Kier alpha value is -1.05. The van der Waals surface area contributed by atoms with E-state index in [1.807, 2.05) is 0 Å². The summed E-state index contributed by atoms with van der Waals surface area (Å²) in [6.07, 6.45) is 0.114. The average molecular weight is 305 g/mol. The van der Waals surface area contributed by atoms with E-state index in [2.05, 4.69) is 78.0 Å². The van der Waals surface area contributed by atoms with Gasteiger partial charge in [-0.3, -0.25) is 0 Å². The lowest BCUT2D eigenvalue weighted by Gasteiger charge is -2.53. The highest BCUT2D eigenvalue weighted by Crippen LogP contribution is 2.51. The molecule has 0 heterocycles. The van der Waals surface area contributed by atoms with Gasteiger partial charge in [-0.1, -0.05) is 60.6 Å². The van der Waals surface area contributed by atoms with Gasteiger partial charge in [0.1, 0.15) is 6.17 Å². The molecule has 1 aliphatic carbocycles. The van der Waals surface area contributed by atoms with Crippen molar-refractivity contribution in [1.82, 2.24) is 0 Å². The highest BCUT2D eigenvalue weighted by atomic mass is 19.1. The van der Waals surface area contributed by atoms with Crippen LogP contribution in [0, 0.1) is 16.7 Å². The fourth-order valence-corrected chi connectivity index (χ4v) is 4.42. The summed E-state index contributed by atoms with van der Waals surface area (Å²) < 4.78 is 15.0. The molecular weight excluding hydrogens is 273 g/mol. The Bertz CT molecular complexity index is 501. The molecule has 1 fully saturated rings. The zero-order valence-electron chi connectivity index (χ0n) is 15.2. The number of hydrogen-bond acceptors (Lipinski definition) is 1. The molecule has 0 spiro atoms. The summed E-state index contributed by atoms with van der Waals surface area (Å²) in [6.45, 7) is 14.9. The van der Waals surface area contributed by atoms with Crippen LogP contribution in [0.2, 0.25) is 0 Å². The Kier molecular flexibility index (Phi) is 4.61. The molecule has 0 radical (unpaired) electrons. The third-order valence-corrected chi connectivity index (χ3v) is 5.46. The van der Waals surface area contributed by atoms with Gasteiger partial charge in [0.05, 0.1) is 0 Å². The van der Waals surface area contributed by atoms with Crippen molar-refractivity contribution < 1.29 is 4.39 Å². The van der Waals surface area contributed by atoms with Crippen molar-refractivity contribution in [3.63, 3.8) is 0 Å². The van der Waals surface area contributed by atoms with Crippen molar-refractivity contribution in [3.05, 3.63) is 29.8 Å². The molecule has 1 aromatic rings. The molecule has 22 heavy (non-hydrogen) atoms. The monoisotopic (exact) mass is 305 g/mol. The van der Waals surface area contributed by atoms with Crippen LogP contribution < -0.4 is 5.32 Å². The van der Waals surface area contributed by atoms with E-state index >= 15 is 0 Å². The summed E-state index contributed by atoms with van der Waals surface area (Å²) in [7, 11) is 0. The van der Waals surface area contributed by atoms with E-state index in [0.717, 1.165) is 12.1 Å². The summed E-state index contributed by atoms with van der Waals surface area (Å²) in [6, 6.07) is 8.76. The van der Waals surface area contributed by atoms with Crippen molar-refractivity contribution in [1.29, 1.82) is 0 Å². The van der Waals surface area contributed by atoms with E-state index < -0.39 is 6.17 Å². The normalized spacial score (nSPS) is 30.3. The molecule has 1 aromatic carbocycles. The summed E-state index contributed by atoms with van der Waals surface area (Å²) in [5, 5.41) is 3.62. The molecular formula is C20H32FN. The first kappa shape index (κ1) is 17.3. The number of rotatable bonds is 3. The minimum atomic E-state index is -0.802. The molecule has 124 valence electrons. The van der Waals surface area contributed by atoms with Gasteiger partial charge in [-0.15, -0.1) is 0 Å². The van der Waals surface area contributed by atoms with Crippen LogP contribution in [-0.2, 0) is 0 Å². The molecule has 0 bridgehead atoms. The maximum absolute atomic E-state index is 15.0. The van der Waals surface area contributed by atoms with Crippen LogP contribution in [0.3, 0.4) is 0 Å². The second kappa shape index (κ2) is 5.86. The molecule has 2 rings (SSSR count). The first-order valence-corrected chi connectivity index (χ1v) is 8.56. The minimum Gasteiger partial charge on any atom is -0.381 e. The zero-order chi connectivity index (χ0) is 16.7. The van der Waals surface area contributed by atoms with Gasteiger partial charge in [-0.05, 0) is 41.4 Å². The van der Waals surface area contributed by atoms with Crippen LogP contribution in [0.4, 0.5) is 10.1 Å². The Morgan fingerprint density at radius 2 is 1.64 bits per heavy atom. The number of halogens is 1. The molecule has 0 amide bonds. The van der Waals surface area contributed by atoms with E-state index in [1.54, 1.807) is 0 Å². The molecule has 0 saturated heterocycles.